The van der Waals surface area contributed by atoms with Crippen molar-refractivity contribution in [3.05, 3.63) is 0 Å². The van der Waals surface area contributed by atoms with Gasteiger partial charge in [0.25, 0.3) is 0 Å². The molecule has 0 aromatic carbocycles. The number of nitrogens with zero attached hydrogens (tertiary/aromatic N) is 2. The second kappa shape index (κ2) is 6.31. The van der Waals surface area contributed by atoms with Crippen molar-refractivity contribution in [2.75, 3.05) is 25.4 Å². The number of sulfonamides is 1. The van der Waals surface area contributed by atoms with Gasteiger partial charge in [-0.15, -0.1) is 0 Å². The molecule has 1 amide bonds. The Morgan fingerprint density at radius 3 is 2.67 bits per heavy atom. The van der Waals surface area contributed by atoms with Crippen LogP contribution in [0.3, 0.4) is 0 Å². The van der Waals surface area contributed by atoms with E-state index in [1.54, 1.807) is 4.90 Å². The van der Waals surface area contributed by atoms with Gasteiger partial charge in [-0.3, -0.25) is 9.59 Å². The molecule has 0 aromatic heterocycles. The van der Waals surface area contributed by atoms with Crippen molar-refractivity contribution in [2.24, 2.45) is 5.92 Å². The number of aliphatic carboxylic acids is 1. The number of unbranched alkanes of at least 4 members (excludes halogenated alkanes) is 1. The van der Waals surface area contributed by atoms with Crippen molar-refractivity contribution in [3.63, 3.8) is 0 Å². The van der Waals surface area contributed by atoms with Gasteiger partial charge in [0.15, 0.2) is 0 Å². The summed E-state index contributed by atoms with van der Waals surface area (Å²) in [5.74, 6) is -1.67. The normalized spacial score (nSPS) is 27.5. The number of hydrogen-bond acceptors (Lipinski definition) is 4. The topological polar surface area (TPSA) is 95.0 Å². The summed E-state index contributed by atoms with van der Waals surface area (Å²) in [6, 6.07) is -0.182. The molecule has 0 radical (unpaired) electrons. The van der Waals surface area contributed by atoms with Crippen LogP contribution in [0.2, 0.25) is 0 Å². The fourth-order valence-electron chi connectivity index (χ4n) is 2.92. The van der Waals surface area contributed by atoms with E-state index in [9.17, 15) is 18.0 Å². The van der Waals surface area contributed by atoms with E-state index in [1.807, 2.05) is 6.92 Å². The molecule has 7 nitrogen and oxygen atoms in total. The average Bonchev–Trinajstić information content (AvgIpc) is 3.02. The third kappa shape index (κ3) is 3.55. The standard InChI is InChI=1S/C13H22N2O5S/c1-2-3-6-21(19,20)14-5-4-11(9-14)15-8-10(13(17)18)7-12(15)16/h10-11H,2-9H2,1H3,(H,17,18). The molecule has 2 aliphatic rings. The number of amides is 1. The lowest BCUT2D eigenvalue weighted by molar-refractivity contribution is -0.141. The van der Waals surface area contributed by atoms with E-state index < -0.39 is 21.9 Å². The van der Waals surface area contributed by atoms with Crippen LogP contribution in [0.25, 0.3) is 0 Å². The Morgan fingerprint density at radius 1 is 1.38 bits per heavy atom. The van der Waals surface area contributed by atoms with Gasteiger partial charge in [-0.25, -0.2) is 8.42 Å². The summed E-state index contributed by atoms with van der Waals surface area (Å²) in [7, 11) is -3.25. The van der Waals surface area contributed by atoms with Crippen molar-refractivity contribution in [1.29, 1.82) is 0 Å². The number of carboxylic acid groups (broad SMARTS) is 1. The van der Waals surface area contributed by atoms with Gasteiger partial charge >= 0.3 is 5.97 Å². The van der Waals surface area contributed by atoms with Crippen LogP contribution < -0.4 is 0 Å². The van der Waals surface area contributed by atoms with Crippen LogP contribution in [-0.4, -0.2) is 66.0 Å². The molecule has 120 valence electrons. The molecule has 0 bridgehead atoms. The predicted octanol–water partition coefficient (Wildman–Crippen LogP) is 0.124. The second-order valence-corrected chi connectivity index (χ2v) is 7.84. The quantitative estimate of drug-likeness (QED) is 0.751. The molecule has 2 aliphatic heterocycles. The molecule has 1 N–H and O–H groups in total. The van der Waals surface area contributed by atoms with E-state index in [0.717, 1.165) is 6.42 Å². The Bertz CT molecular complexity index is 519. The maximum Gasteiger partial charge on any atom is 0.308 e. The molecule has 8 heteroatoms. The molecule has 2 fully saturated rings. The summed E-state index contributed by atoms with van der Waals surface area (Å²) in [6.45, 7) is 2.85. The van der Waals surface area contributed by atoms with Gasteiger partial charge in [-0.05, 0) is 12.8 Å². The fourth-order valence-corrected chi connectivity index (χ4v) is 4.62. The fraction of sp³-hybridized carbons (Fsp3) is 0.846. The van der Waals surface area contributed by atoms with Crippen molar-refractivity contribution in [1.82, 2.24) is 9.21 Å². The first-order valence-corrected chi connectivity index (χ1v) is 8.96. The van der Waals surface area contributed by atoms with Crippen molar-refractivity contribution in [3.8, 4) is 0 Å². The Labute approximate surface area is 125 Å². The van der Waals surface area contributed by atoms with Gasteiger partial charge in [0.05, 0.1) is 11.7 Å². The number of likely N-dealkylation sites (tertiary alicyclic amines) is 1. The van der Waals surface area contributed by atoms with E-state index in [2.05, 4.69) is 0 Å². The first-order valence-electron chi connectivity index (χ1n) is 7.35. The lowest BCUT2D eigenvalue weighted by Gasteiger charge is -2.24. The molecule has 2 rings (SSSR count). The highest BCUT2D eigenvalue weighted by Crippen LogP contribution is 2.26. The van der Waals surface area contributed by atoms with Crippen LogP contribution in [0.15, 0.2) is 0 Å². The smallest absolute Gasteiger partial charge is 0.308 e. The zero-order chi connectivity index (χ0) is 15.6. The van der Waals surface area contributed by atoms with E-state index >= 15 is 0 Å². The minimum Gasteiger partial charge on any atom is -0.481 e. The van der Waals surface area contributed by atoms with E-state index in [0.29, 0.717) is 25.9 Å². The average molecular weight is 318 g/mol. The maximum atomic E-state index is 12.1. The summed E-state index contributed by atoms with van der Waals surface area (Å²) in [6.07, 6.45) is 2.06. The van der Waals surface area contributed by atoms with Crippen molar-refractivity contribution in [2.45, 2.75) is 38.6 Å². The van der Waals surface area contributed by atoms with Crippen LogP contribution >= 0.6 is 0 Å². The first kappa shape index (κ1) is 16.2. The van der Waals surface area contributed by atoms with Gasteiger partial charge in [0, 0.05) is 32.1 Å². The van der Waals surface area contributed by atoms with Gasteiger partial charge in [0.2, 0.25) is 15.9 Å². The molecule has 2 atom stereocenters. The molecule has 0 aliphatic carbocycles. The summed E-state index contributed by atoms with van der Waals surface area (Å²) in [4.78, 5) is 24.4. The lowest BCUT2D eigenvalue weighted by atomic mass is 10.1. The maximum absolute atomic E-state index is 12.1. The predicted molar refractivity (Wildman–Crippen MR) is 76.1 cm³/mol. The van der Waals surface area contributed by atoms with Crippen molar-refractivity contribution < 1.29 is 23.1 Å². The van der Waals surface area contributed by atoms with Crippen LogP contribution in [-0.2, 0) is 19.6 Å². The van der Waals surface area contributed by atoms with Gasteiger partial charge < -0.3 is 10.0 Å². The summed E-state index contributed by atoms with van der Waals surface area (Å²) in [5.41, 5.74) is 0. The molecule has 0 saturated carbocycles. The third-order valence-corrected chi connectivity index (χ3v) is 6.15. The van der Waals surface area contributed by atoms with Gasteiger partial charge in [0.1, 0.15) is 0 Å². The Kier molecular flexibility index (Phi) is 4.88. The molecule has 2 saturated heterocycles. The largest absolute Gasteiger partial charge is 0.481 e. The summed E-state index contributed by atoms with van der Waals surface area (Å²) in [5, 5.41) is 8.98. The number of rotatable bonds is 6. The zero-order valence-corrected chi connectivity index (χ0v) is 13.0. The van der Waals surface area contributed by atoms with Crippen LogP contribution in [0.1, 0.15) is 32.6 Å². The Hall–Kier alpha value is -1.15. The summed E-state index contributed by atoms with van der Waals surface area (Å²) >= 11 is 0. The Balaban J connectivity index is 1.97. The van der Waals surface area contributed by atoms with E-state index in [-0.39, 0.29) is 30.7 Å². The SMILES string of the molecule is CCCCS(=O)(=O)N1CCC(N2CC(C(=O)O)CC2=O)C1. The highest BCUT2D eigenvalue weighted by atomic mass is 32.2. The lowest BCUT2D eigenvalue weighted by Crippen LogP contribution is -2.40. The first-order chi connectivity index (χ1) is 9.85. The Morgan fingerprint density at radius 2 is 2.10 bits per heavy atom. The number of carbonyl (C=O) groups is 2. The van der Waals surface area contributed by atoms with Gasteiger partial charge in [-0.2, -0.15) is 4.31 Å². The highest BCUT2D eigenvalue weighted by Gasteiger charge is 2.42. The minimum atomic E-state index is -3.25. The monoisotopic (exact) mass is 318 g/mol. The molecular weight excluding hydrogens is 296 g/mol. The number of carboxylic acids is 1. The third-order valence-electron chi connectivity index (χ3n) is 4.22. The number of carbonyl (C=O) groups excluding carboxylic acids is 1. The molecule has 0 spiro atoms. The number of hydrogen-bond donors (Lipinski definition) is 1. The minimum absolute atomic E-state index is 0.0222. The molecule has 21 heavy (non-hydrogen) atoms. The molecular formula is C13H22N2O5S. The highest BCUT2D eigenvalue weighted by molar-refractivity contribution is 7.89. The molecule has 0 aromatic rings. The van der Waals surface area contributed by atoms with E-state index in [1.165, 1.54) is 4.31 Å². The summed E-state index contributed by atoms with van der Waals surface area (Å²) < 4.78 is 25.7. The second-order valence-electron chi connectivity index (χ2n) is 5.76. The molecule has 2 heterocycles. The van der Waals surface area contributed by atoms with E-state index in [4.69, 9.17) is 5.11 Å². The molecule has 2 unspecified atom stereocenters. The van der Waals surface area contributed by atoms with Crippen molar-refractivity contribution >= 4 is 21.9 Å². The van der Waals surface area contributed by atoms with Crippen LogP contribution in [0.5, 0.6) is 0 Å². The van der Waals surface area contributed by atoms with Gasteiger partial charge in [-0.1, -0.05) is 13.3 Å². The zero-order valence-electron chi connectivity index (χ0n) is 12.2. The van der Waals surface area contributed by atoms with Crippen LogP contribution in [0.4, 0.5) is 0 Å². The van der Waals surface area contributed by atoms with Crippen LogP contribution in [0, 0.1) is 5.92 Å².